The number of carbonyl (C=O) groups is 2. The van der Waals surface area contributed by atoms with E-state index in [0.29, 0.717) is 19.1 Å². The van der Waals surface area contributed by atoms with Gasteiger partial charge in [-0.3, -0.25) is 4.79 Å². The first-order chi connectivity index (χ1) is 13.3. The van der Waals surface area contributed by atoms with Crippen LogP contribution in [0.3, 0.4) is 0 Å². The number of aldehydes is 1. The second kappa shape index (κ2) is 21.6. The lowest BCUT2D eigenvalue weighted by molar-refractivity contribution is -0.122. The second-order valence-corrected chi connectivity index (χ2v) is 5.92. The minimum absolute atomic E-state index is 0.0818. The molecule has 0 aromatic carbocycles. The number of hydrogen-bond donors (Lipinski definition) is 1. The minimum Gasteiger partial charge on any atom is -0.349 e. The van der Waals surface area contributed by atoms with Gasteiger partial charge in [0.1, 0.15) is 6.29 Å². The molecular formula is C24H35NO2. The normalized spacial score (nSPS) is 12.6. The van der Waals surface area contributed by atoms with Crippen LogP contribution in [-0.4, -0.2) is 18.7 Å². The Morgan fingerprint density at radius 1 is 0.667 bits per heavy atom. The van der Waals surface area contributed by atoms with E-state index >= 15 is 0 Å². The average Bonchev–Trinajstić information content (AvgIpc) is 2.68. The van der Waals surface area contributed by atoms with Gasteiger partial charge in [0.15, 0.2) is 0 Å². The summed E-state index contributed by atoms with van der Waals surface area (Å²) in [5, 5.41) is 2.52. The second-order valence-electron chi connectivity index (χ2n) is 5.92. The molecule has 27 heavy (non-hydrogen) atoms. The molecule has 0 unspecified atom stereocenters. The van der Waals surface area contributed by atoms with Crippen molar-refractivity contribution in [3.8, 4) is 0 Å². The lowest BCUT2D eigenvalue weighted by Crippen LogP contribution is -2.24. The number of allylic oxidation sites excluding steroid dienone is 12. The summed E-state index contributed by atoms with van der Waals surface area (Å²) >= 11 is 0. The fourth-order valence-corrected chi connectivity index (χ4v) is 2.10. The minimum atomic E-state index is -0.0818. The van der Waals surface area contributed by atoms with Crippen LogP contribution in [0.1, 0.15) is 58.3 Å². The molecule has 0 saturated heterocycles. The molecular weight excluding hydrogens is 334 g/mol. The third-order valence-electron chi connectivity index (χ3n) is 3.52. The van der Waals surface area contributed by atoms with Crippen LogP contribution in [-0.2, 0) is 9.59 Å². The molecule has 1 N–H and O–H groups in total. The highest BCUT2D eigenvalue weighted by molar-refractivity contribution is 5.78. The molecule has 0 fully saturated rings. The molecule has 0 radical (unpaired) electrons. The van der Waals surface area contributed by atoms with Crippen molar-refractivity contribution in [1.82, 2.24) is 5.32 Å². The molecule has 0 aromatic heterocycles. The summed E-state index contributed by atoms with van der Waals surface area (Å²) in [6.45, 7) is 2.25. The van der Waals surface area contributed by atoms with Gasteiger partial charge in [0, 0.05) is 6.42 Å². The van der Waals surface area contributed by atoms with Crippen molar-refractivity contribution in [1.29, 1.82) is 0 Å². The maximum Gasteiger partial charge on any atom is 0.220 e. The molecule has 0 aliphatic rings. The predicted octanol–water partition coefficient (Wildman–Crippen LogP) is 5.78. The molecule has 1 amide bonds. The van der Waals surface area contributed by atoms with Gasteiger partial charge in [0.2, 0.25) is 5.91 Å². The molecule has 0 aliphatic heterocycles. The Hall–Kier alpha value is -2.42. The van der Waals surface area contributed by atoms with Crippen molar-refractivity contribution in [2.45, 2.75) is 58.3 Å². The highest BCUT2D eigenvalue weighted by atomic mass is 16.2. The summed E-state index contributed by atoms with van der Waals surface area (Å²) in [5.41, 5.74) is 0. The van der Waals surface area contributed by atoms with Crippen LogP contribution in [0.5, 0.6) is 0 Å². The van der Waals surface area contributed by atoms with Crippen molar-refractivity contribution in [2.24, 2.45) is 0 Å². The number of nitrogens with one attached hydrogen (secondary N) is 1. The van der Waals surface area contributed by atoms with E-state index in [0.717, 1.165) is 38.5 Å². The number of hydrogen-bond acceptors (Lipinski definition) is 2. The fourth-order valence-electron chi connectivity index (χ4n) is 2.10. The van der Waals surface area contributed by atoms with E-state index in [1.54, 1.807) is 0 Å². The maximum atomic E-state index is 11.2. The summed E-state index contributed by atoms with van der Waals surface area (Å²) < 4.78 is 0. The SMILES string of the molecule is CC/C=C\C/C=C\C/C=C\C/C=C\C/C=C\C/C=C\CCC(=O)NCC=O. The van der Waals surface area contributed by atoms with Gasteiger partial charge < -0.3 is 10.1 Å². The molecule has 0 bridgehead atoms. The van der Waals surface area contributed by atoms with Crippen LogP contribution in [0.2, 0.25) is 0 Å². The van der Waals surface area contributed by atoms with E-state index in [1.165, 1.54) is 0 Å². The lowest BCUT2D eigenvalue weighted by atomic mass is 10.2. The zero-order valence-electron chi connectivity index (χ0n) is 16.7. The fraction of sp³-hybridized carbons (Fsp3) is 0.417. The summed E-state index contributed by atoms with van der Waals surface area (Å²) in [6.07, 6.45) is 33.6. The first-order valence-corrected chi connectivity index (χ1v) is 9.91. The van der Waals surface area contributed by atoms with Gasteiger partial charge in [-0.05, 0) is 44.9 Å². The van der Waals surface area contributed by atoms with E-state index in [4.69, 9.17) is 0 Å². The van der Waals surface area contributed by atoms with E-state index in [9.17, 15) is 9.59 Å². The lowest BCUT2D eigenvalue weighted by Gasteiger charge is -1.97. The van der Waals surface area contributed by atoms with Crippen molar-refractivity contribution >= 4 is 12.2 Å². The van der Waals surface area contributed by atoms with Gasteiger partial charge in [0.25, 0.3) is 0 Å². The molecule has 0 atom stereocenters. The highest BCUT2D eigenvalue weighted by Crippen LogP contribution is 1.97. The molecule has 3 nitrogen and oxygen atoms in total. The van der Waals surface area contributed by atoms with Crippen molar-refractivity contribution in [2.75, 3.05) is 6.54 Å². The number of amides is 1. The first-order valence-electron chi connectivity index (χ1n) is 9.91. The largest absolute Gasteiger partial charge is 0.349 e. The van der Waals surface area contributed by atoms with Gasteiger partial charge in [-0.15, -0.1) is 0 Å². The van der Waals surface area contributed by atoms with E-state index in [-0.39, 0.29) is 12.5 Å². The van der Waals surface area contributed by atoms with Crippen LogP contribution in [0, 0.1) is 0 Å². The topological polar surface area (TPSA) is 46.2 Å². The van der Waals surface area contributed by atoms with Crippen LogP contribution in [0.4, 0.5) is 0 Å². The third-order valence-corrected chi connectivity index (χ3v) is 3.52. The summed E-state index contributed by atoms with van der Waals surface area (Å²) in [6, 6.07) is 0. The monoisotopic (exact) mass is 369 g/mol. The van der Waals surface area contributed by atoms with Crippen LogP contribution >= 0.6 is 0 Å². The number of carbonyl (C=O) groups excluding carboxylic acids is 2. The molecule has 148 valence electrons. The van der Waals surface area contributed by atoms with E-state index < -0.39 is 0 Å². The molecule has 0 aliphatic carbocycles. The van der Waals surface area contributed by atoms with E-state index in [1.807, 2.05) is 6.08 Å². The molecule has 3 heteroatoms. The highest BCUT2D eigenvalue weighted by Gasteiger charge is 1.96. The predicted molar refractivity (Wildman–Crippen MR) is 117 cm³/mol. The van der Waals surface area contributed by atoms with Gasteiger partial charge in [0.05, 0.1) is 6.54 Å². The zero-order chi connectivity index (χ0) is 19.8. The van der Waals surface area contributed by atoms with Gasteiger partial charge in [-0.25, -0.2) is 0 Å². The summed E-state index contributed by atoms with van der Waals surface area (Å²) in [4.78, 5) is 21.4. The average molecular weight is 370 g/mol. The van der Waals surface area contributed by atoms with Crippen LogP contribution < -0.4 is 5.32 Å². The molecule has 0 heterocycles. The molecule has 0 spiro atoms. The van der Waals surface area contributed by atoms with E-state index in [2.05, 4.69) is 79.1 Å². The number of rotatable bonds is 16. The zero-order valence-corrected chi connectivity index (χ0v) is 16.7. The standard InChI is InChI=1S/C24H35NO2/c1-2-3-4-5-6-7-8-9-10-11-12-13-14-15-16-17-18-19-20-21-24(27)25-22-23-26/h3-4,6-7,9-10,12-13,15-16,18-19,23H,2,5,8,11,14,17,20-22H2,1H3,(H,25,27)/b4-3-,7-6-,10-9-,13-12-,16-15-,19-18-. The quantitative estimate of drug-likeness (QED) is 0.277. The van der Waals surface area contributed by atoms with Crippen LogP contribution in [0.15, 0.2) is 72.9 Å². The Morgan fingerprint density at radius 2 is 1.07 bits per heavy atom. The summed E-state index contributed by atoms with van der Waals surface area (Å²) in [5.74, 6) is -0.0818. The van der Waals surface area contributed by atoms with Gasteiger partial charge >= 0.3 is 0 Å². The smallest absolute Gasteiger partial charge is 0.220 e. The third kappa shape index (κ3) is 21.5. The Bertz CT molecular complexity index is 537. The Kier molecular flexibility index (Phi) is 19.7. The Balaban J connectivity index is 3.55. The molecule has 0 saturated carbocycles. The molecule has 0 aromatic rings. The van der Waals surface area contributed by atoms with Crippen LogP contribution in [0.25, 0.3) is 0 Å². The summed E-state index contributed by atoms with van der Waals surface area (Å²) in [7, 11) is 0. The van der Waals surface area contributed by atoms with Crippen molar-refractivity contribution < 1.29 is 9.59 Å². The maximum absolute atomic E-state index is 11.2. The molecule has 0 rings (SSSR count). The van der Waals surface area contributed by atoms with Crippen molar-refractivity contribution in [3.05, 3.63) is 72.9 Å². The van der Waals surface area contributed by atoms with Gasteiger partial charge in [-0.2, -0.15) is 0 Å². The Labute approximate surface area is 165 Å². The first kappa shape index (κ1) is 24.6. The Morgan fingerprint density at radius 3 is 1.48 bits per heavy atom. The van der Waals surface area contributed by atoms with Crippen molar-refractivity contribution in [3.63, 3.8) is 0 Å². The van der Waals surface area contributed by atoms with Gasteiger partial charge in [-0.1, -0.05) is 79.8 Å².